The standard InChI is InChI=1S/C34H33N5O6/c1-3-17-44-32(42)38-30-29-31(36-21-35-30)39(22-37-29)33(19-27(41)28(20-40)45-33)34(23-11-6-4-7-12-23,24-13-8-5-9-14-24)25-15-10-16-26(18-25)43-2/h3-16,18,21-22,27-28,40-41H,1,17,19-20H2,2H3,(H,35,36,38,42)/t27-,28+,33-/m0/s1. The first-order valence-corrected chi connectivity index (χ1v) is 14.4. The number of fused-ring (bicyclic) bond motifs is 1. The molecule has 6 rings (SSSR count). The lowest BCUT2D eigenvalue weighted by atomic mass is 9.61. The molecular weight excluding hydrogens is 574 g/mol. The Balaban J connectivity index is 1.71. The van der Waals surface area contributed by atoms with Crippen LogP contribution in [-0.2, 0) is 20.6 Å². The maximum Gasteiger partial charge on any atom is 0.413 e. The molecule has 3 aromatic carbocycles. The summed E-state index contributed by atoms with van der Waals surface area (Å²) in [5, 5.41) is 24.6. The van der Waals surface area contributed by atoms with Crippen LogP contribution < -0.4 is 10.1 Å². The highest BCUT2D eigenvalue weighted by molar-refractivity contribution is 5.93. The number of hydrogen-bond acceptors (Lipinski definition) is 9. The molecule has 1 amide bonds. The van der Waals surface area contributed by atoms with Gasteiger partial charge in [-0.05, 0) is 28.8 Å². The number of ether oxygens (including phenoxy) is 3. The first-order chi connectivity index (χ1) is 22.0. The second-order valence-corrected chi connectivity index (χ2v) is 10.6. The summed E-state index contributed by atoms with van der Waals surface area (Å²) >= 11 is 0. The van der Waals surface area contributed by atoms with E-state index in [0.717, 1.165) is 16.7 Å². The molecule has 0 unspecified atom stereocenters. The van der Waals surface area contributed by atoms with Gasteiger partial charge in [0.1, 0.15) is 24.8 Å². The van der Waals surface area contributed by atoms with Gasteiger partial charge in [-0.25, -0.2) is 19.7 Å². The molecule has 0 radical (unpaired) electrons. The number of aliphatic hydroxyl groups excluding tert-OH is 2. The minimum Gasteiger partial charge on any atom is -0.497 e. The fraction of sp³-hybridized carbons (Fsp3) is 0.235. The summed E-state index contributed by atoms with van der Waals surface area (Å²) in [7, 11) is 1.61. The number of nitrogens with zero attached hydrogens (tertiary/aromatic N) is 4. The highest BCUT2D eigenvalue weighted by Gasteiger charge is 2.63. The molecule has 0 bridgehead atoms. The lowest BCUT2D eigenvalue weighted by molar-refractivity contribution is -0.143. The average Bonchev–Trinajstić information content (AvgIpc) is 3.67. The predicted molar refractivity (Wildman–Crippen MR) is 167 cm³/mol. The number of carbonyl (C=O) groups is 1. The summed E-state index contributed by atoms with van der Waals surface area (Å²) < 4.78 is 19.5. The van der Waals surface area contributed by atoms with E-state index in [1.165, 1.54) is 12.4 Å². The molecule has 0 aliphatic carbocycles. The molecule has 3 atom stereocenters. The van der Waals surface area contributed by atoms with E-state index in [9.17, 15) is 15.0 Å². The van der Waals surface area contributed by atoms with Crippen LogP contribution in [0.15, 0.2) is 110 Å². The molecule has 1 aliphatic rings. The van der Waals surface area contributed by atoms with Crippen molar-refractivity contribution in [1.29, 1.82) is 0 Å². The maximum atomic E-state index is 12.5. The van der Waals surface area contributed by atoms with Gasteiger partial charge in [0.2, 0.25) is 0 Å². The Labute approximate surface area is 259 Å². The summed E-state index contributed by atoms with van der Waals surface area (Å²) in [6, 6.07) is 27.4. The van der Waals surface area contributed by atoms with Crippen molar-refractivity contribution in [2.24, 2.45) is 0 Å². The van der Waals surface area contributed by atoms with Gasteiger partial charge in [-0.15, -0.1) is 0 Å². The third-order valence-electron chi connectivity index (χ3n) is 8.22. The molecule has 1 fully saturated rings. The van der Waals surface area contributed by atoms with E-state index in [-0.39, 0.29) is 24.4 Å². The number of carbonyl (C=O) groups excluding carboxylic acids is 1. The zero-order valence-corrected chi connectivity index (χ0v) is 24.6. The molecule has 5 aromatic rings. The van der Waals surface area contributed by atoms with E-state index in [2.05, 4.69) is 26.8 Å². The van der Waals surface area contributed by atoms with Crippen molar-refractivity contribution in [2.45, 2.75) is 29.8 Å². The van der Waals surface area contributed by atoms with Crippen LogP contribution in [0.5, 0.6) is 5.75 Å². The van der Waals surface area contributed by atoms with Crippen LogP contribution in [0.3, 0.4) is 0 Å². The van der Waals surface area contributed by atoms with Gasteiger partial charge < -0.3 is 24.4 Å². The van der Waals surface area contributed by atoms with Crippen LogP contribution in [0.25, 0.3) is 11.2 Å². The monoisotopic (exact) mass is 607 g/mol. The predicted octanol–water partition coefficient (Wildman–Crippen LogP) is 4.40. The van der Waals surface area contributed by atoms with Gasteiger partial charge in [-0.2, -0.15) is 0 Å². The Morgan fingerprint density at radius 2 is 1.76 bits per heavy atom. The van der Waals surface area contributed by atoms with E-state index in [1.807, 2.05) is 84.9 Å². The largest absolute Gasteiger partial charge is 0.497 e. The van der Waals surface area contributed by atoms with E-state index in [0.29, 0.717) is 11.4 Å². The Kier molecular flexibility index (Phi) is 8.31. The molecule has 3 N–H and O–H groups in total. The first-order valence-electron chi connectivity index (χ1n) is 14.4. The average molecular weight is 608 g/mol. The zero-order valence-electron chi connectivity index (χ0n) is 24.6. The molecule has 230 valence electrons. The SMILES string of the molecule is C=CCOC(=O)Nc1ncnc2c1ncn2[C@@]1(C(c2ccccc2)(c2ccccc2)c2cccc(OC)c2)C[C@H](O)[C@@H](CO)O1. The van der Waals surface area contributed by atoms with Crippen LogP contribution in [-0.4, -0.2) is 68.4 Å². The van der Waals surface area contributed by atoms with Crippen molar-refractivity contribution in [2.75, 3.05) is 25.6 Å². The Bertz CT molecular complexity index is 1760. The lowest BCUT2D eigenvalue weighted by Crippen LogP contribution is -2.55. The number of rotatable bonds is 10. The van der Waals surface area contributed by atoms with E-state index < -0.39 is 36.0 Å². The first kappa shape index (κ1) is 29.9. The van der Waals surface area contributed by atoms with Gasteiger partial charge in [0.15, 0.2) is 22.7 Å². The third-order valence-corrected chi connectivity index (χ3v) is 8.22. The molecule has 11 nitrogen and oxygen atoms in total. The van der Waals surface area contributed by atoms with Crippen molar-refractivity contribution in [3.05, 3.63) is 127 Å². The van der Waals surface area contributed by atoms with Gasteiger partial charge in [-0.1, -0.05) is 85.5 Å². The van der Waals surface area contributed by atoms with Gasteiger partial charge in [0.25, 0.3) is 0 Å². The molecule has 2 aromatic heterocycles. The van der Waals surface area contributed by atoms with Crippen molar-refractivity contribution in [1.82, 2.24) is 19.5 Å². The van der Waals surface area contributed by atoms with Crippen LogP contribution in [0.2, 0.25) is 0 Å². The number of anilines is 1. The number of benzene rings is 3. The molecule has 1 saturated heterocycles. The fourth-order valence-electron chi connectivity index (χ4n) is 6.40. The fourth-order valence-corrected chi connectivity index (χ4v) is 6.40. The van der Waals surface area contributed by atoms with E-state index >= 15 is 0 Å². The molecule has 45 heavy (non-hydrogen) atoms. The second kappa shape index (κ2) is 12.5. The molecular formula is C34H33N5O6. The Morgan fingerprint density at radius 3 is 2.38 bits per heavy atom. The Morgan fingerprint density at radius 1 is 1.07 bits per heavy atom. The number of amides is 1. The lowest BCUT2D eigenvalue weighted by Gasteiger charge is -2.50. The summed E-state index contributed by atoms with van der Waals surface area (Å²) in [5.41, 5.74) is 0.442. The maximum absolute atomic E-state index is 12.5. The van der Waals surface area contributed by atoms with Crippen LogP contribution in [0.4, 0.5) is 10.6 Å². The summed E-state index contributed by atoms with van der Waals surface area (Å²) in [4.78, 5) is 26.0. The van der Waals surface area contributed by atoms with Crippen molar-refractivity contribution in [3.8, 4) is 5.75 Å². The molecule has 3 heterocycles. The number of methoxy groups -OCH3 is 1. The van der Waals surface area contributed by atoms with E-state index in [4.69, 9.17) is 14.2 Å². The summed E-state index contributed by atoms with van der Waals surface area (Å²) in [6.07, 6.45) is 1.65. The highest BCUT2D eigenvalue weighted by Crippen LogP contribution is 2.58. The second-order valence-electron chi connectivity index (χ2n) is 10.6. The van der Waals surface area contributed by atoms with Gasteiger partial charge in [-0.3, -0.25) is 9.88 Å². The smallest absolute Gasteiger partial charge is 0.413 e. The van der Waals surface area contributed by atoms with Crippen LogP contribution >= 0.6 is 0 Å². The van der Waals surface area contributed by atoms with Crippen LogP contribution in [0, 0.1) is 0 Å². The van der Waals surface area contributed by atoms with Gasteiger partial charge in [0.05, 0.1) is 31.6 Å². The zero-order chi connectivity index (χ0) is 31.4. The Hall–Kier alpha value is -5.10. The number of hydrogen-bond donors (Lipinski definition) is 3. The topological polar surface area (TPSA) is 141 Å². The number of nitrogens with one attached hydrogen (secondary N) is 1. The van der Waals surface area contributed by atoms with E-state index in [1.54, 1.807) is 18.0 Å². The van der Waals surface area contributed by atoms with Crippen molar-refractivity contribution < 1.29 is 29.2 Å². The summed E-state index contributed by atoms with van der Waals surface area (Å²) in [5.74, 6) is 0.755. The quantitative estimate of drug-likeness (QED) is 0.156. The number of aromatic nitrogens is 4. The van der Waals surface area contributed by atoms with Gasteiger partial charge >= 0.3 is 6.09 Å². The van der Waals surface area contributed by atoms with Gasteiger partial charge in [0, 0.05) is 6.42 Å². The summed E-state index contributed by atoms with van der Waals surface area (Å²) in [6.45, 7) is 3.16. The minimum atomic E-state index is -1.47. The molecule has 11 heteroatoms. The molecule has 1 aliphatic heterocycles. The number of imidazole rings is 1. The van der Waals surface area contributed by atoms with Crippen LogP contribution in [0.1, 0.15) is 23.1 Å². The number of aliphatic hydroxyl groups is 2. The van der Waals surface area contributed by atoms with Crippen molar-refractivity contribution in [3.63, 3.8) is 0 Å². The minimum absolute atomic E-state index is 0.0170. The van der Waals surface area contributed by atoms with Crippen molar-refractivity contribution >= 4 is 23.1 Å². The normalized spacial score (nSPS) is 19.7. The third kappa shape index (κ3) is 5.00. The molecule has 0 saturated carbocycles. The highest BCUT2D eigenvalue weighted by atomic mass is 16.6. The molecule has 0 spiro atoms.